The fourth-order valence-electron chi connectivity index (χ4n) is 6.86. The van der Waals surface area contributed by atoms with Gasteiger partial charge < -0.3 is 4.90 Å². The number of halogens is 2. The number of rotatable bonds is 11. The van der Waals surface area contributed by atoms with Crippen molar-refractivity contribution in [3.8, 4) is 0 Å². The van der Waals surface area contributed by atoms with Gasteiger partial charge in [0.25, 0.3) is 0 Å². The lowest BCUT2D eigenvalue weighted by Gasteiger charge is -2.53. The highest BCUT2D eigenvalue weighted by molar-refractivity contribution is 7.93. The SMILES string of the molecule is C=CC[C@@]1(C)C[C@H](c2cccc(Cl)c2)C(c2ccc(Cl)cc2)N([C@H](CN(c2ccccc2)S(=O)(=O)C2CC2)C2CC2)C1=O. The van der Waals surface area contributed by atoms with Gasteiger partial charge in [0.1, 0.15) is 0 Å². The van der Waals surface area contributed by atoms with E-state index in [9.17, 15) is 13.2 Å². The van der Waals surface area contributed by atoms with Gasteiger partial charge in [-0.3, -0.25) is 9.10 Å². The molecule has 6 rings (SSSR count). The van der Waals surface area contributed by atoms with Crippen LogP contribution in [0.15, 0.2) is 91.5 Å². The molecule has 43 heavy (non-hydrogen) atoms. The maximum atomic E-state index is 14.9. The summed E-state index contributed by atoms with van der Waals surface area (Å²) >= 11 is 12.9. The third kappa shape index (κ3) is 6.11. The molecule has 226 valence electrons. The van der Waals surface area contributed by atoms with Crippen LogP contribution in [-0.4, -0.2) is 37.1 Å². The van der Waals surface area contributed by atoms with Crippen LogP contribution in [0.3, 0.4) is 0 Å². The summed E-state index contributed by atoms with van der Waals surface area (Å²) in [5, 5.41) is 0.894. The fourth-order valence-corrected chi connectivity index (χ4v) is 9.06. The highest BCUT2D eigenvalue weighted by Crippen LogP contribution is 2.54. The van der Waals surface area contributed by atoms with E-state index in [-0.39, 0.29) is 41.6 Å². The number of sulfonamides is 1. The van der Waals surface area contributed by atoms with E-state index in [1.54, 1.807) is 4.31 Å². The van der Waals surface area contributed by atoms with Gasteiger partial charge in [-0.15, -0.1) is 6.58 Å². The Morgan fingerprint density at radius 2 is 1.65 bits per heavy atom. The second-order valence-corrected chi connectivity index (χ2v) is 15.7. The summed E-state index contributed by atoms with van der Waals surface area (Å²) in [5.41, 5.74) is 1.97. The number of amides is 1. The highest BCUT2D eigenvalue weighted by Gasteiger charge is 2.54. The zero-order valence-electron chi connectivity index (χ0n) is 24.4. The molecule has 0 bridgehead atoms. The molecule has 0 radical (unpaired) electrons. The third-order valence-corrected chi connectivity index (χ3v) is 12.1. The van der Waals surface area contributed by atoms with Crippen molar-refractivity contribution in [3.63, 3.8) is 0 Å². The normalized spacial score (nSPS) is 24.9. The molecule has 3 aromatic carbocycles. The summed E-state index contributed by atoms with van der Waals surface area (Å²) in [6.45, 7) is 6.25. The molecule has 3 aliphatic rings. The molecule has 1 amide bonds. The lowest BCUT2D eigenvalue weighted by molar-refractivity contribution is -0.154. The second kappa shape index (κ2) is 11.9. The number of para-hydroxylation sites is 1. The van der Waals surface area contributed by atoms with Gasteiger partial charge in [0.15, 0.2) is 0 Å². The number of allylic oxidation sites excluding steroid dienone is 1. The van der Waals surface area contributed by atoms with Gasteiger partial charge in [-0.05, 0) is 92.0 Å². The van der Waals surface area contributed by atoms with Gasteiger partial charge in [0, 0.05) is 16.0 Å². The van der Waals surface area contributed by atoms with E-state index in [1.165, 1.54) is 0 Å². The van der Waals surface area contributed by atoms with E-state index in [4.69, 9.17) is 23.2 Å². The molecule has 8 heteroatoms. The first-order valence-electron chi connectivity index (χ1n) is 15.1. The van der Waals surface area contributed by atoms with Crippen LogP contribution in [0, 0.1) is 11.3 Å². The lowest BCUT2D eigenvalue weighted by Crippen LogP contribution is -2.59. The zero-order valence-corrected chi connectivity index (χ0v) is 26.7. The van der Waals surface area contributed by atoms with E-state index in [0.717, 1.165) is 24.0 Å². The van der Waals surface area contributed by atoms with Crippen molar-refractivity contribution in [2.24, 2.45) is 11.3 Å². The molecule has 0 spiro atoms. The number of hydrogen-bond donors (Lipinski definition) is 0. The van der Waals surface area contributed by atoms with Gasteiger partial charge in [0.05, 0.1) is 35.0 Å². The van der Waals surface area contributed by atoms with Gasteiger partial charge in [0.2, 0.25) is 15.9 Å². The Labute approximate surface area is 265 Å². The number of piperidine rings is 1. The topological polar surface area (TPSA) is 57.7 Å². The molecule has 1 unspecified atom stereocenters. The first-order valence-corrected chi connectivity index (χ1v) is 17.4. The predicted octanol–water partition coefficient (Wildman–Crippen LogP) is 8.41. The Hall–Kier alpha value is -2.80. The van der Waals surface area contributed by atoms with Crippen molar-refractivity contribution in [3.05, 3.63) is 113 Å². The summed E-state index contributed by atoms with van der Waals surface area (Å²) in [7, 11) is -3.59. The van der Waals surface area contributed by atoms with Crippen LogP contribution >= 0.6 is 23.2 Å². The Balaban J connectivity index is 1.51. The van der Waals surface area contributed by atoms with Crippen LogP contribution in [0.2, 0.25) is 10.0 Å². The van der Waals surface area contributed by atoms with Crippen LogP contribution in [0.1, 0.15) is 68.5 Å². The largest absolute Gasteiger partial charge is 0.329 e. The van der Waals surface area contributed by atoms with Gasteiger partial charge in [-0.25, -0.2) is 8.42 Å². The van der Waals surface area contributed by atoms with Crippen molar-refractivity contribution < 1.29 is 13.2 Å². The fraction of sp³-hybridized carbons (Fsp3) is 0.400. The second-order valence-electron chi connectivity index (χ2n) is 12.6. The van der Waals surface area contributed by atoms with Crippen LogP contribution in [0.5, 0.6) is 0 Å². The van der Waals surface area contributed by atoms with Crippen LogP contribution < -0.4 is 4.31 Å². The molecule has 4 atom stereocenters. The summed E-state index contributed by atoms with van der Waals surface area (Å²) in [6.07, 6.45) is 6.21. The number of hydrogen-bond acceptors (Lipinski definition) is 3. The molecule has 1 aliphatic heterocycles. The summed E-state index contributed by atoms with van der Waals surface area (Å²) < 4.78 is 29.5. The maximum absolute atomic E-state index is 14.9. The number of likely N-dealkylation sites (tertiary alicyclic amines) is 1. The van der Waals surface area contributed by atoms with Gasteiger partial charge in [-0.2, -0.15) is 0 Å². The average molecular weight is 638 g/mol. The molecule has 1 saturated heterocycles. The standard InChI is InChI=1S/C35H38Cl2N2O3S/c1-3-20-35(2)22-31(26-8-7-9-28(37)21-26)33(25-14-16-27(36)17-15-25)39(34(35)40)32(24-12-13-24)23-38(29-10-5-4-6-11-29)43(41,42)30-18-19-30/h3-11,14-17,21,24,30-33H,1,12-13,18-20,22-23H2,2H3/t31-,32-,33?,35+/m1/s1. The van der Waals surface area contributed by atoms with Gasteiger partial charge in [-0.1, -0.05) is 78.7 Å². The van der Waals surface area contributed by atoms with Crippen LogP contribution in [0.4, 0.5) is 5.69 Å². The van der Waals surface area contributed by atoms with E-state index in [1.807, 2.05) is 85.8 Å². The van der Waals surface area contributed by atoms with E-state index in [2.05, 4.69) is 17.5 Å². The molecule has 0 aromatic heterocycles. The Morgan fingerprint density at radius 1 is 0.953 bits per heavy atom. The zero-order chi connectivity index (χ0) is 30.4. The van der Waals surface area contributed by atoms with E-state index < -0.39 is 15.4 Å². The molecule has 2 aliphatic carbocycles. The summed E-state index contributed by atoms with van der Waals surface area (Å²) in [4.78, 5) is 16.9. The first kappa shape index (κ1) is 30.2. The maximum Gasteiger partial charge on any atom is 0.238 e. The number of carbonyl (C=O) groups is 1. The Bertz CT molecular complexity index is 1590. The molecule has 1 heterocycles. The van der Waals surface area contributed by atoms with Crippen LogP contribution in [0.25, 0.3) is 0 Å². The van der Waals surface area contributed by atoms with E-state index in [0.29, 0.717) is 41.4 Å². The minimum atomic E-state index is -3.59. The molecular formula is C35H38Cl2N2O3S. The minimum Gasteiger partial charge on any atom is -0.329 e. The highest BCUT2D eigenvalue weighted by atomic mass is 35.5. The van der Waals surface area contributed by atoms with Crippen molar-refractivity contribution in [1.29, 1.82) is 0 Å². The average Bonchev–Trinajstić information content (AvgIpc) is 3.90. The number of anilines is 1. The van der Waals surface area contributed by atoms with E-state index >= 15 is 0 Å². The molecule has 3 fully saturated rings. The number of carbonyl (C=O) groups excluding carboxylic acids is 1. The monoisotopic (exact) mass is 636 g/mol. The third-order valence-electron chi connectivity index (χ3n) is 9.36. The van der Waals surface area contributed by atoms with Gasteiger partial charge >= 0.3 is 0 Å². The number of benzene rings is 3. The van der Waals surface area contributed by atoms with Crippen LogP contribution in [-0.2, 0) is 14.8 Å². The molecular weight excluding hydrogens is 599 g/mol. The molecule has 3 aromatic rings. The van der Waals surface area contributed by atoms with Crippen molar-refractivity contribution in [2.75, 3.05) is 10.8 Å². The molecule has 2 saturated carbocycles. The first-order chi connectivity index (χ1) is 20.6. The van der Waals surface area contributed by atoms with Crippen molar-refractivity contribution in [2.45, 2.75) is 68.7 Å². The lowest BCUT2D eigenvalue weighted by atomic mass is 9.67. The van der Waals surface area contributed by atoms with Crippen molar-refractivity contribution >= 4 is 44.8 Å². The minimum absolute atomic E-state index is 0.0411. The summed E-state index contributed by atoms with van der Waals surface area (Å²) in [6, 6.07) is 24.4. The summed E-state index contributed by atoms with van der Waals surface area (Å²) in [5.74, 6) is 0.166. The smallest absolute Gasteiger partial charge is 0.238 e. The predicted molar refractivity (Wildman–Crippen MR) is 175 cm³/mol. The Kier molecular flexibility index (Phi) is 8.40. The molecule has 5 nitrogen and oxygen atoms in total. The quantitative estimate of drug-likeness (QED) is 0.199. The Morgan fingerprint density at radius 3 is 2.26 bits per heavy atom. The van der Waals surface area contributed by atoms with Crippen molar-refractivity contribution in [1.82, 2.24) is 4.90 Å². The number of nitrogens with zero attached hydrogens (tertiary/aromatic N) is 2. The molecule has 0 N–H and O–H groups in total.